The number of H-pyrrole nitrogens is 1. The molecule has 0 saturated heterocycles. The van der Waals surface area contributed by atoms with Crippen LogP contribution in [0.4, 0.5) is 0 Å². The molecule has 0 bridgehead atoms. The van der Waals surface area contributed by atoms with Gasteiger partial charge in [-0.1, -0.05) is 23.7 Å². The molecule has 0 spiro atoms. The number of nitrogens with zero attached hydrogens (tertiary/aromatic N) is 1. The first-order valence-corrected chi connectivity index (χ1v) is 6.82. The lowest BCUT2D eigenvalue weighted by atomic mass is 10.1. The molecule has 0 radical (unpaired) electrons. The minimum atomic E-state index is 0.109. The lowest BCUT2D eigenvalue weighted by Gasteiger charge is -2.19. The van der Waals surface area contributed by atoms with E-state index < -0.39 is 0 Å². The fourth-order valence-corrected chi connectivity index (χ4v) is 2.00. The maximum Gasteiger partial charge on any atom is 0.110 e. The second-order valence-electron chi connectivity index (χ2n) is 5.77. The molecule has 0 unspecified atom stereocenters. The van der Waals surface area contributed by atoms with Crippen LogP contribution in [0.2, 0.25) is 5.02 Å². The molecule has 0 saturated carbocycles. The summed E-state index contributed by atoms with van der Waals surface area (Å²) >= 11 is 5.98. The van der Waals surface area contributed by atoms with E-state index in [1.54, 1.807) is 0 Å². The summed E-state index contributed by atoms with van der Waals surface area (Å²) < 4.78 is 0. The number of aromatic amines is 1. The topological polar surface area (TPSA) is 40.7 Å². The molecule has 0 atom stereocenters. The minimum absolute atomic E-state index is 0.109. The van der Waals surface area contributed by atoms with Gasteiger partial charge in [0, 0.05) is 35.4 Å². The minimum Gasteiger partial charge on any atom is -0.345 e. The molecule has 2 N–H and O–H groups in total. The predicted molar refractivity (Wildman–Crippen MR) is 79.4 cm³/mol. The number of benzene rings is 1. The number of imidazole rings is 1. The van der Waals surface area contributed by atoms with Gasteiger partial charge in [0.1, 0.15) is 5.82 Å². The molecule has 0 aliphatic rings. The SMILES string of the molecule is CC(C)(C)NCc1cnc(Cc2cccc(Cl)c2)[nH]1. The Morgan fingerprint density at radius 3 is 2.79 bits per heavy atom. The van der Waals surface area contributed by atoms with Crippen molar-refractivity contribution in [2.24, 2.45) is 0 Å². The molecule has 2 rings (SSSR count). The van der Waals surface area contributed by atoms with Crippen molar-refractivity contribution in [2.75, 3.05) is 0 Å². The maximum absolute atomic E-state index is 5.98. The van der Waals surface area contributed by atoms with Crippen molar-refractivity contribution < 1.29 is 0 Å². The summed E-state index contributed by atoms with van der Waals surface area (Å²) in [5.74, 6) is 0.966. The van der Waals surface area contributed by atoms with Crippen molar-refractivity contribution in [1.29, 1.82) is 0 Å². The number of nitrogens with one attached hydrogen (secondary N) is 2. The maximum atomic E-state index is 5.98. The normalized spacial score (nSPS) is 11.8. The monoisotopic (exact) mass is 277 g/mol. The smallest absolute Gasteiger partial charge is 0.110 e. The van der Waals surface area contributed by atoms with Crippen LogP contribution in [0.1, 0.15) is 37.9 Å². The summed E-state index contributed by atoms with van der Waals surface area (Å²) in [5, 5.41) is 4.19. The van der Waals surface area contributed by atoms with Crippen molar-refractivity contribution in [3.05, 3.63) is 52.6 Å². The fourth-order valence-electron chi connectivity index (χ4n) is 1.79. The molecular weight excluding hydrogens is 258 g/mol. The zero-order chi connectivity index (χ0) is 13.9. The highest BCUT2D eigenvalue weighted by atomic mass is 35.5. The molecule has 1 heterocycles. The van der Waals surface area contributed by atoms with Crippen LogP contribution in [0, 0.1) is 0 Å². The Morgan fingerprint density at radius 2 is 2.11 bits per heavy atom. The third kappa shape index (κ3) is 4.69. The van der Waals surface area contributed by atoms with Crippen molar-refractivity contribution in [3.8, 4) is 0 Å². The first kappa shape index (κ1) is 14.1. The van der Waals surface area contributed by atoms with E-state index in [1.165, 1.54) is 0 Å². The fraction of sp³-hybridized carbons (Fsp3) is 0.400. The van der Waals surface area contributed by atoms with Gasteiger partial charge in [-0.15, -0.1) is 0 Å². The van der Waals surface area contributed by atoms with Gasteiger partial charge in [-0.3, -0.25) is 0 Å². The van der Waals surface area contributed by atoms with Gasteiger partial charge in [-0.05, 0) is 38.5 Å². The summed E-state index contributed by atoms with van der Waals surface area (Å²) in [5.41, 5.74) is 2.38. The Kier molecular flexibility index (Phi) is 4.27. The molecule has 102 valence electrons. The Bertz CT molecular complexity index is 540. The van der Waals surface area contributed by atoms with Gasteiger partial charge in [0.25, 0.3) is 0 Å². The summed E-state index contributed by atoms with van der Waals surface area (Å²) in [4.78, 5) is 7.74. The Balaban J connectivity index is 1.97. The summed E-state index contributed by atoms with van der Waals surface area (Å²) in [6, 6.07) is 7.87. The van der Waals surface area contributed by atoms with Crippen molar-refractivity contribution in [1.82, 2.24) is 15.3 Å². The van der Waals surface area contributed by atoms with E-state index in [2.05, 4.69) is 42.1 Å². The van der Waals surface area contributed by atoms with Gasteiger partial charge >= 0.3 is 0 Å². The van der Waals surface area contributed by atoms with Crippen LogP contribution in [0.3, 0.4) is 0 Å². The molecular formula is C15H20ClN3. The highest BCUT2D eigenvalue weighted by Gasteiger charge is 2.09. The molecule has 0 amide bonds. The zero-order valence-electron chi connectivity index (χ0n) is 11.6. The average molecular weight is 278 g/mol. The predicted octanol–water partition coefficient (Wildman–Crippen LogP) is 3.54. The highest BCUT2D eigenvalue weighted by Crippen LogP contribution is 2.13. The first-order valence-electron chi connectivity index (χ1n) is 6.45. The number of rotatable bonds is 4. The van der Waals surface area contributed by atoms with Gasteiger partial charge in [0.15, 0.2) is 0 Å². The second kappa shape index (κ2) is 5.76. The Morgan fingerprint density at radius 1 is 1.32 bits per heavy atom. The molecule has 19 heavy (non-hydrogen) atoms. The third-order valence-corrected chi connectivity index (χ3v) is 2.99. The standard InChI is InChI=1S/C15H20ClN3/c1-15(2,3)18-10-13-9-17-14(19-13)8-11-5-4-6-12(16)7-11/h4-7,9,18H,8,10H2,1-3H3,(H,17,19). The quantitative estimate of drug-likeness (QED) is 0.897. The van der Waals surface area contributed by atoms with Crippen molar-refractivity contribution in [3.63, 3.8) is 0 Å². The lowest BCUT2D eigenvalue weighted by Crippen LogP contribution is -2.35. The van der Waals surface area contributed by atoms with Crippen LogP contribution >= 0.6 is 11.6 Å². The Labute approximate surface area is 119 Å². The number of hydrogen-bond donors (Lipinski definition) is 2. The van der Waals surface area contributed by atoms with Crippen molar-refractivity contribution in [2.45, 2.75) is 39.3 Å². The summed E-state index contributed by atoms with van der Waals surface area (Å²) in [7, 11) is 0. The molecule has 0 aliphatic carbocycles. The number of hydrogen-bond acceptors (Lipinski definition) is 2. The molecule has 4 heteroatoms. The van der Waals surface area contributed by atoms with Crippen LogP contribution < -0.4 is 5.32 Å². The van der Waals surface area contributed by atoms with Crippen LogP contribution in [0.5, 0.6) is 0 Å². The van der Waals surface area contributed by atoms with E-state index in [9.17, 15) is 0 Å². The zero-order valence-corrected chi connectivity index (χ0v) is 12.4. The second-order valence-corrected chi connectivity index (χ2v) is 6.20. The van der Waals surface area contributed by atoms with Crippen molar-refractivity contribution >= 4 is 11.6 Å². The molecule has 0 fully saturated rings. The molecule has 3 nitrogen and oxygen atoms in total. The number of halogens is 1. The Hall–Kier alpha value is -1.32. The van der Waals surface area contributed by atoms with Gasteiger partial charge in [0.05, 0.1) is 0 Å². The number of aromatic nitrogens is 2. The van der Waals surface area contributed by atoms with Gasteiger partial charge < -0.3 is 10.3 Å². The van der Waals surface area contributed by atoms with E-state index in [1.807, 2.05) is 24.4 Å². The molecule has 2 aromatic rings. The first-order chi connectivity index (χ1) is 8.92. The van der Waals surface area contributed by atoms with Gasteiger partial charge in [-0.25, -0.2) is 4.98 Å². The summed E-state index contributed by atoms with van der Waals surface area (Å²) in [6.45, 7) is 7.24. The molecule has 0 aliphatic heterocycles. The highest BCUT2D eigenvalue weighted by molar-refractivity contribution is 6.30. The van der Waals surface area contributed by atoms with Crippen LogP contribution in [-0.4, -0.2) is 15.5 Å². The molecule has 1 aromatic heterocycles. The van der Waals surface area contributed by atoms with Crippen LogP contribution in [-0.2, 0) is 13.0 Å². The average Bonchev–Trinajstić information content (AvgIpc) is 2.73. The van der Waals surface area contributed by atoms with E-state index in [4.69, 9.17) is 11.6 Å². The van der Waals surface area contributed by atoms with E-state index in [-0.39, 0.29) is 5.54 Å². The van der Waals surface area contributed by atoms with E-state index >= 15 is 0 Å². The summed E-state index contributed by atoms with van der Waals surface area (Å²) in [6.07, 6.45) is 2.66. The van der Waals surface area contributed by atoms with Crippen LogP contribution in [0.25, 0.3) is 0 Å². The largest absolute Gasteiger partial charge is 0.345 e. The van der Waals surface area contributed by atoms with E-state index in [0.717, 1.165) is 35.1 Å². The van der Waals surface area contributed by atoms with E-state index in [0.29, 0.717) is 0 Å². The van der Waals surface area contributed by atoms with Crippen LogP contribution in [0.15, 0.2) is 30.5 Å². The van der Waals surface area contributed by atoms with Gasteiger partial charge in [0.2, 0.25) is 0 Å². The van der Waals surface area contributed by atoms with Gasteiger partial charge in [-0.2, -0.15) is 0 Å². The third-order valence-electron chi connectivity index (χ3n) is 2.75. The molecule has 1 aromatic carbocycles. The lowest BCUT2D eigenvalue weighted by molar-refractivity contribution is 0.421.